The largest absolute Gasteiger partial charge is 0.353 e. The van der Waals surface area contributed by atoms with Crippen LogP contribution in [0.1, 0.15) is 37.1 Å². The van der Waals surface area contributed by atoms with Gasteiger partial charge < -0.3 is 9.88 Å². The average Bonchev–Trinajstić information content (AvgIpc) is 3.03. The summed E-state index contributed by atoms with van der Waals surface area (Å²) in [6, 6.07) is 9.59. The van der Waals surface area contributed by atoms with E-state index in [1.807, 2.05) is 4.90 Å². The monoisotopic (exact) mass is 279 g/mol. The van der Waals surface area contributed by atoms with E-state index in [0.29, 0.717) is 0 Å². The highest BCUT2D eigenvalue weighted by Gasteiger charge is 2.49. The number of H-pyrrole nitrogens is 1. The Morgan fingerprint density at radius 1 is 1.24 bits per heavy atom. The summed E-state index contributed by atoms with van der Waals surface area (Å²) >= 11 is 0. The number of nitrogens with one attached hydrogen (secondary N) is 2. The van der Waals surface area contributed by atoms with E-state index in [9.17, 15) is 0 Å². The second-order valence-corrected chi connectivity index (χ2v) is 7.32. The van der Waals surface area contributed by atoms with Crippen LogP contribution < -0.4 is 4.90 Å². The highest BCUT2D eigenvalue weighted by atomic mass is 15.2. The van der Waals surface area contributed by atoms with Crippen molar-refractivity contribution < 1.29 is 4.90 Å². The van der Waals surface area contributed by atoms with Gasteiger partial charge in [-0.2, -0.15) is 0 Å². The van der Waals surface area contributed by atoms with Crippen molar-refractivity contribution in [3.05, 3.63) is 47.2 Å². The molecule has 0 spiro atoms. The van der Waals surface area contributed by atoms with E-state index in [4.69, 9.17) is 0 Å². The van der Waals surface area contributed by atoms with Gasteiger partial charge in [-0.25, -0.2) is 0 Å². The quantitative estimate of drug-likeness (QED) is 0.692. The highest BCUT2D eigenvalue weighted by Crippen LogP contribution is 2.42. The molecule has 1 aliphatic carbocycles. The Labute approximate surface area is 125 Å². The maximum atomic E-state index is 3.79. The van der Waals surface area contributed by atoms with Crippen molar-refractivity contribution in [3.63, 3.8) is 0 Å². The molecule has 0 radical (unpaired) electrons. The smallest absolute Gasteiger partial charge is 0.132 e. The van der Waals surface area contributed by atoms with Crippen LogP contribution in [-0.2, 0) is 6.42 Å². The Hall–Kier alpha value is -1.54. The minimum absolute atomic E-state index is 0.718. The SMILES string of the molecule is CC1=CC[C@@H]2[C@@H](C1)C[NH+]1CCc3c([nH]c4ccccc34)[C@H]21. The lowest BCUT2D eigenvalue weighted by molar-refractivity contribution is -0.923. The number of para-hydroxylation sites is 1. The Morgan fingerprint density at radius 2 is 2.14 bits per heavy atom. The van der Waals surface area contributed by atoms with Gasteiger partial charge in [-0.1, -0.05) is 29.8 Å². The maximum absolute atomic E-state index is 3.79. The zero-order chi connectivity index (χ0) is 14.0. The van der Waals surface area contributed by atoms with E-state index in [-0.39, 0.29) is 0 Å². The Morgan fingerprint density at radius 3 is 3.10 bits per heavy atom. The molecule has 1 aromatic carbocycles. The molecule has 1 fully saturated rings. The molecular formula is C19H23N2+. The standard InChI is InChI=1S/C19H22N2/c1-12-6-7-14-13(10-12)11-21-9-8-16-15-4-2-3-5-17(15)20-18(16)19(14)21/h2-6,13-14,19-20H,7-11H2,1H3/p+1/t13-,14+,19-/m0/s1. The lowest BCUT2D eigenvalue weighted by Gasteiger charge is -2.30. The summed E-state index contributed by atoms with van der Waals surface area (Å²) in [5.74, 6) is 1.77. The third-order valence-electron chi connectivity index (χ3n) is 6.17. The molecule has 0 bridgehead atoms. The van der Waals surface area contributed by atoms with Crippen LogP contribution in [0.5, 0.6) is 0 Å². The average molecular weight is 279 g/mol. The summed E-state index contributed by atoms with van der Waals surface area (Å²) in [6.45, 7) is 5.03. The van der Waals surface area contributed by atoms with Crippen molar-refractivity contribution in [2.24, 2.45) is 11.8 Å². The van der Waals surface area contributed by atoms with E-state index in [0.717, 1.165) is 17.9 Å². The van der Waals surface area contributed by atoms with Crippen LogP contribution in [-0.4, -0.2) is 18.1 Å². The molecule has 3 aliphatic rings. The van der Waals surface area contributed by atoms with Crippen LogP contribution in [0.3, 0.4) is 0 Å². The molecule has 0 saturated carbocycles. The lowest BCUT2D eigenvalue weighted by Crippen LogP contribution is -3.11. The highest BCUT2D eigenvalue weighted by molar-refractivity contribution is 5.85. The predicted octanol–water partition coefficient (Wildman–Crippen LogP) is 2.64. The number of rotatable bonds is 0. The molecule has 1 aromatic heterocycles. The van der Waals surface area contributed by atoms with Crippen LogP contribution in [0, 0.1) is 11.8 Å². The van der Waals surface area contributed by atoms with Crippen molar-refractivity contribution in [3.8, 4) is 0 Å². The number of hydrogen-bond acceptors (Lipinski definition) is 0. The second kappa shape index (κ2) is 4.23. The summed E-state index contributed by atoms with van der Waals surface area (Å²) in [5, 5.41) is 1.47. The molecule has 1 saturated heterocycles. The minimum atomic E-state index is 0.718. The van der Waals surface area contributed by atoms with Gasteiger partial charge in [0.2, 0.25) is 0 Å². The molecule has 2 N–H and O–H groups in total. The normalized spacial score (nSPS) is 34.2. The third kappa shape index (κ3) is 1.63. The first-order valence-corrected chi connectivity index (χ1v) is 8.41. The number of quaternary nitrogens is 1. The van der Waals surface area contributed by atoms with Crippen molar-refractivity contribution >= 4 is 10.9 Å². The second-order valence-electron chi connectivity index (χ2n) is 7.32. The fourth-order valence-corrected chi connectivity index (χ4v) is 5.29. The van der Waals surface area contributed by atoms with Crippen molar-refractivity contribution in [1.29, 1.82) is 0 Å². The van der Waals surface area contributed by atoms with Crippen LogP contribution in [0.15, 0.2) is 35.9 Å². The molecule has 4 atom stereocenters. The maximum Gasteiger partial charge on any atom is 0.132 e. The summed E-state index contributed by atoms with van der Waals surface area (Å²) < 4.78 is 0. The fourth-order valence-electron chi connectivity index (χ4n) is 5.29. The lowest BCUT2D eigenvalue weighted by atomic mass is 9.77. The van der Waals surface area contributed by atoms with Crippen LogP contribution in [0.25, 0.3) is 10.9 Å². The zero-order valence-corrected chi connectivity index (χ0v) is 12.7. The molecule has 0 amide bonds. The van der Waals surface area contributed by atoms with Gasteiger partial charge in [-0.3, -0.25) is 0 Å². The third-order valence-corrected chi connectivity index (χ3v) is 6.17. The molecule has 108 valence electrons. The van der Waals surface area contributed by atoms with Crippen LogP contribution >= 0.6 is 0 Å². The van der Waals surface area contributed by atoms with E-state index >= 15 is 0 Å². The molecule has 1 unspecified atom stereocenters. The van der Waals surface area contributed by atoms with E-state index < -0.39 is 0 Å². The van der Waals surface area contributed by atoms with Crippen molar-refractivity contribution in [1.82, 2.24) is 4.98 Å². The number of aromatic nitrogens is 1. The molecule has 21 heavy (non-hydrogen) atoms. The van der Waals surface area contributed by atoms with Gasteiger partial charge in [0.05, 0.1) is 18.8 Å². The molecule has 2 nitrogen and oxygen atoms in total. The summed E-state index contributed by atoms with van der Waals surface area (Å²) in [4.78, 5) is 5.63. The first-order chi connectivity index (χ1) is 10.3. The van der Waals surface area contributed by atoms with Crippen molar-refractivity contribution in [2.45, 2.75) is 32.2 Å². The molecule has 2 heteroatoms. The van der Waals surface area contributed by atoms with Gasteiger partial charge in [0.15, 0.2) is 0 Å². The number of fused-ring (bicyclic) bond motifs is 7. The minimum Gasteiger partial charge on any atom is -0.353 e. The first-order valence-electron chi connectivity index (χ1n) is 8.41. The topological polar surface area (TPSA) is 20.2 Å². The van der Waals surface area contributed by atoms with Crippen LogP contribution in [0.4, 0.5) is 0 Å². The molecule has 2 aliphatic heterocycles. The van der Waals surface area contributed by atoms with Crippen LogP contribution in [0.2, 0.25) is 0 Å². The fraction of sp³-hybridized carbons (Fsp3) is 0.474. The molecule has 5 rings (SSSR count). The van der Waals surface area contributed by atoms with Gasteiger partial charge in [0, 0.05) is 29.2 Å². The van der Waals surface area contributed by atoms with Gasteiger partial charge in [0.1, 0.15) is 6.04 Å². The van der Waals surface area contributed by atoms with Gasteiger partial charge in [0.25, 0.3) is 0 Å². The number of allylic oxidation sites excluding steroid dienone is 2. The molecule has 2 aromatic rings. The number of benzene rings is 1. The molecular weight excluding hydrogens is 256 g/mol. The number of aromatic amines is 1. The Bertz CT molecular complexity index is 739. The van der Waals surface area contributed by atoms with E-state index in [1.54, 1.807) is 16.8 Å². The van der Waals surface area contributed by atoms with Crippen molar-refractivity contribution in [2.75, 3.05) is 13.1 Å². The Balaban J connectivity index is 1.64. The van der Waals surface area contributed by atoms with Gasteiger partial charge in [-0.05, 0) is 31.4 Å². The van der Waals surface area contributed by atoms with E-state index in [1.165, 1.54) is 43.3 Å². The zero-order valence-electron chi connectivity index (χ0n) is 12.7. The summed E-state index contributed by atoms with van der Waals surface area (Å²) in [7, 11) is 0. The van der Waals surface area contributed by atoms with Gasteiger partial charge in [-0.15, -0.1) is 0 Å². The molecule has 3 heterocycles. The van der Waals surface area contributed by atoms with Gasteiger partial charge >= 0.3 is 0 Å². The Kier molecular flexibility index (Phi) is 2.43. The predicted molar refractivity (Wildman–Crippen MR) is 85.4 cm³/mol. The van der Waals surface area contributed by atoms with E-state index in [2.05, 4.69) is 42.2 Å². The first kappa shape index (κ1) is 12.0. The summed E-state index contributed by atoms with van der Waals surface area (Å²) in [6.07, 6.45) is 6.37. The number of hydrogen-bond donors (Lipinski definition) is 2. The summed E-state index contributed by atoms with van der Waals surface area (Å²) in [5.41, 5.74) is 6.14.